The number of aliphatic hydroxyl groups is 1. The number of nitrogens with one attached hydrogen (secondary N) is 2. The summed E-state index contributed by atoms with van der Waals surface area (Å²) in [4.78, 5) is 17.7. The number of ether oxygens (including phenoxy) is 6. The van der Waals surface area contributed by atoms with E-state index in [4.69, 9.17) is 28.4 Å². The van der Waals surface area contributed by atoms with Gasteiger partial charge in [-0.25, -0.2) is 23.5 Å². The van der Waals surface area contributed by atoms with Gasteiger partial charge < -0.3 is 38.8 Å². The molecule has 3 heterocycles. The lowest BCUT2D eigenvalue weighted by atomic mass is 9.89. The summed E-state index contributed by atoms with van der Waals surface area (Å²) in [6.45, 7) is 4.22. The van der Waals surface area contributed by atoms with E-state index in [0.29, 0.717) is 36.7 Å². The highest BCUT2D eigenvalue weighted by Gasteiger charge is 2.44. The molecule has 0 aliphatic carbocycles. The van der Waals surface area contributed by atoms with Crippen molar-refractivity contribution in [3.8, 4) is 23.4 Å². The Balaban J connectivity index is 1.22. The normalized spacial score (nSPS) is 20.5. The van der Waals surface area contributed by atoms with E-state index in [2.05, 4.69) is 15.6 Å². The smallest absolute Gasteiger partial charge is 0.407 e. The first-order valence-corrected chi connectivity index (χ1v) is 19.2. The quantitative estimate of drug-likeness (QED) is 0.0881. The Morgan fingerprint density at radius 3 is 2.57 bits per heavy atom. The van der Waals surface area contributed by atoms with Gasteiger partial charge in [0.05, 0.1) is 36.2 Å². The molecule has 16 heteroatoms. The summed E-state index contributed by atoms with van der Waals surface area (Å²) in [5.41, 5.74) is 0.110. The van der Waals surface area contributed by atoms with Gasteiger partial charge in [0.1, 0.15) is 11.9 Å². The summed E-state index contributed by atoms with van der Waals surface area (Å²) in [7, 11) is -4.26. The van der Waals surface area contributed by atoms with Crippen LogP contribution in [0.15, 0.2) is 88.8 Å². The summed E-state index contributed by atoms with van der Waals surface area (Å²) < 4.78 is 63.6. The maximum absolute atomic E-state index is 14.4. The Morgan fingerprint density at radius 2 is 1.81 bits per heavy atom. The molecule has 2 fully saturated rings. The van der Waals surface area contributed by atoms with E-state index >= 15 is 0 Å². The molecule has 54 heavy (non-hydrogen) atoms. The fraction of sp³-hybridized carbons (Fsp3) is 0.447. The highest BCUT2D eigenvalue weighted by atomic mass is 32.2. The molecular weight excluding hydrogens is 719 g/mol. The van der Waals surface area contributed by atoms with Crippen LogP contribution in [0.25, 0.3) is 0 Å². The third-order valence-corrected chi connectivity index (χ3v) is 11.3. The van der Waals surface area contributed by atoms with E-state index in [1.807, 2.05) is 56.4 Å². The zero-order chi connectivity index (χ0) is 38.1. The largest absolute Gasteiger partial charge is 0.454 e. The number of alkyl carbamates (subject to hydrolysis) is 1. The molecule has 0 spiro atoms. The molecule has 0 radical (unpaired) electrons. The minimum atomic E-state index is -4.26. The van der Waals surface area contributed by atoms with Crippen molar-refractivity contribution in [1.82, 2.24) is 14.9 Å². The molecule has 0 unspecified atom stereocenters. The highest BCUT2D eigenvalue weighted by Crippen LogP contribution is 2.36. The topological polar surface area (TPSA) is 190 Å². The van der Waals surface area contributed by atoms with E-state index in [1.165, 1.54) is 22.5 Å². The SMILES string of the molecule is CC(C)(CCN=C(NC#N)Oc1ccccc1)CN(C[C@@H](O)[C@H](Cc1ccccc1)NC(=O)O[C@H]1CO[C@H]2OCC[C@H]21)S(=O)(=O)c1ccc2c(c1)OCO2. The van der Waals surface area contributed by atoms with Crippen LogP contribution >= 0.6 is 0 Å². The van der Waals surface area contributed by atoms with E-state index in [-0.39, 0.29) is 56.3 Å². The lowest BCUT2D eigenvalue weighted by molar-refractivity contribution is -0.0907. The van der Waals surface area contributed by atoms with E-state index in [9.17, 15) is 23.6 Å². The van der Waals surface area contributed by atoms with Crippen molar-refractivity contribution >= 4 is 22.1 Å². The highest BCUT2D eigenvalue weighted by molar-refractivity contribution is 7.89. The van der Waals surface area contributed by atoms with Crippen LogP contribution < -0.4 is 24.8 Å². The van der Waals surface area contributed by atoms with Crippen molar-refractivity contribution in [3.63, 3.8) is 0 Å². The Kier molecular flexibility index (Phi) is 12.6. The summed E-state index contributed by atoms with van der Waals surface area (Å²) in [5.74, 6) is 1.12. The zero-order valence-corrected chi connectivity index (χ0v) is 30.9. The molecule has 5 atom stereocenters. The van der Waals surface area contributed by atoms with Crippen molar-refractivity contribution in [3.05, 3.63) is 84.4 Å². The third kappa shape index (κ3) is 9.98. The fourth-order valence-electron chi connectivity index (χ4n) is 6.55. The van der Waals surface area contributed by atoms with Gasteiger partial charge in [0.2, 0.25) is 16.8 Å². The first kappa shape index (κ1) is 38.8. The predicted molar refractivity (Wildman–Crippen MR) is 195 cm³/mol. The van der Waals surface area contributed by atoms with Gasteiger partial charge in [-0.15, -0.1) is 0 Å². The number of aliphatic hydroxyl groups excluding tert-OH is 1. The molecular formula is C38H45N5O10S. The van der Waals surface area contributed by atoms with Crippen LogP contribution in [0.5, 0.6) is 17.2 Å². The first-order valence-electron chi connectivity index (χ1n) is 17.8. The van der Waals surface area contributed by atoms with Gasteiger partial charge in [0.15, 0.2) is 24.0 Å². The zero-order valence-electron chi connectivity index (χ0n) is 30.1. The molecule has 15 nitrogen and oxygen atoms in total. The number of hydrogen-bond acceptors (Lipinski definition) is 12. The maximum atomic E-state index is 14.4. The van der Waals surface area contributed by atoms with Crippen molar-refractivity contribution in [2.24, 2.45) is 16.3 Å². The predicted octanol–water partition coefficient (Wildman–Crippen LogP) is 3.79. The summed E-state index contributed by atoms with van der Waals surface area (Å²) in [6.07, 6.45) is 0.0397. The lowest BCUT2D eigenvalue weighted by Crippen LogP contribution is -2.52. The Labute approximate surface area is 314 Å². The van der Waals surface area contributed by atoms with Crippen LogP contribution in [0.1, 0.15) is 32.3 Å². The number of hydrogen-bond donors (Lipinski definition) is 3. The van der Waals surface area contributed by atoms with Crippen molar-refractivity contribution in [1.29, 1.82) is 5.26 Å². The molecule has 3 N–H and O–H groups in total. The molecule has 6 rings (SSSR count). The van der Waals surface area contributed by atoms with Gasteiger partial charge in [-0.1, -0.05) is 62.4 Å². The van der Waals surface area contributed by atoms with Crippen LogP contribution in [0.4, 0.5) is 4.79 Å². The second kappa shape index (κ2) is 17.5. The molecule has 3 aliphatic rings. The molecule has 288 valence electrons. The minimum Gasteiger partial charge on any atom is -0.454 e. The molecule has 3 aliphatic heterocycles. The Bertz CT molecular complexity index is 1910. The maximum Gasteiger partial charge on any atom is 0.407 e. The number of sulfonamides is 1. The number of benzene rings is 3. The van der Waals surface area contributed by atoms with Gasteiger partial charge in [-0.3, -0.25) is 0 Å². The summed E-state index contributed by atoms with van der Waals surface area (Å²) in [6, 6.07) is 21.6. The number of aliphatic imine (C=N–C) groups is 1. The van der Waals surface area contributed by atoms with E-state index in [1.54, 1.807) is 24.3 Å². The van der Waals surface area contributed by atoms with Gasteiger partial charge >= 0.3 is 12.1 Å². The van der Waals surface area contributed by atoms with Gasteiger partial charge in [0.25, 0.3) is 0 Å². The summed E-state index contributed by atoms with van der Waals surface area (Å²) >= 11 is 0. The number of fused-ring (bicyclic) bond motifs is 2. The van der Waals surface area contributed by atoms with Crippen molar-refractivity contribution < 1.29 is 46.7 Å². The molecule has 1 amide bonds. The second-order valence-corrected chi connectivity index (χ2v) is 16.0. The van der Waals surface area contributed by atoms with Crippen LogP contribution in [-0.4, -0.2) is 94.1 Å². The average molecular weight is 764 g/mol. The van der Waals surface area contributed by atoms with E-state index < -0.39 is 46.1 Å². The number of carbonyl (C=O) groups is 1. The molecule has 0 saturated carbocycles. The number of nitriles is 1. The number of amides is 1. The van der Waals surface area contributed by atoms with Gasteiger partial charge in [-0.05, 0) is 54.5 Å². The van der Waals surface area contributed by atoms with Gasteiger partial charge in [0, 0.05) is 25.7 Å². The Morgan fingerprint density at radius 1 is 1.07 bits per heavy atom. The van der Waals surface area contributed by atoms with Crippen LogP contribution in [0.2, 0.25) is 0 Å². The second-order valence-electron chi connectivity index (χ2n) is 14.0. The van der Waals surface area contributed by atoms with Crippen molar-refractivity contribution in [2.75, 3.05) is 39.6 Å². The van der Waals surface area contributed by atoms with Crippen molar-refractivity contribution in [2.45, 2.75) is 62.5 Å². The number of para-hydroxylation sites is 1. The monoisotopic (exact) mass is 763 g/mol. The first-order chi connectivity index (χ1) is 26.0. The standard InChI is InChI=1S/C38H45N5O10S/c1-38(2,16-17-40-36(41-24-39)52-27-11-7-4-8-12-27)23-43(54(46,47)28-13-14-32-33(20-28)51-25-50-32)21-31(44)30(19-26-9-5-3-6-10-26)42-37(45)53-34-22-49-35-29(34)15-18-48-35/h3-14,20,29-31,34-35,44H,15-19,21-23,25H2,1-2H3,(H,40,41)(H,42,45)/t29-,30-,31+,34-,35+/m0/s1. The lowest BCUT2D eigenvalue weighted by Gasteiger charge is -2.35. The Hall–Kier alpha value is -4.92. The fourth-order valence-corrected chi connectivity index (χ4v) is 8.22. The molecule has 0 aromatic heterocycles. The van der Waals surface area contributed by atoms with Crippen LogP contribution in [-0.2, 0) is 30.7 Å². The van der Waals surface area contributed by atoms with Crippen LogP contribution in [0, 0.1) is 22.8 Å². The number of carbonyl (C=O) groups excluding carboxylic acids is 1. The number of rotatable bonds is 15. The molecule has 0 bridgehead atoms. The molecule has 3 aromatic carbocycles. The van der Waals surface area contributed by atoms with Gasteiger partial charge in [-0.2, -0.15) is 9.57 Å². The van der Waals surface area contributed by atoms with Crippen LogP contribution in [0.3, 0.4) is 0 Å². The molecule has 2 saturated heterocycles. The minimum absolute atomic E-state index is 0.00150. The molecule has 3 aromatic rings. The number of amidine groups is 1. The average Bonchev–Trinajstić information content (AvgIpc) is 3.91. The van der Waals surface area contributed by atoms with E-state index in [0.717, 1.165) is 5.56 Å². The third-order valence-electron chi connectivity index (χ3n) is 9.45. The number of nitrogens with zero attached hydrogens (tertiary/aromatic N) is 3. The summed E-state index contributed by atoms with van der Waals surface area (Å²) in [5, 5.41) is 26.4.